The van der Waals surface area contributed by atoms with Gasteiger partial charge < -0.3 is 10.2 Å². The standard InChI is InChI=1S/C28H34N2O/c1-19-9-4-7-13-25(19)29-27(31)30(18-21-15-16-22-17-24(21)28(22,2)3)26-14-8-11-20-10-5-6-12-23(20)26/h4-7,9-10,12-13,15,22,24,26H,8,11,14,16-18H2,1-3H3,(H,29,31). The van der Waals surface area contributed by atoms with Crippen molar-refractivity contribution >= 4 is 11.7 Å². The maximum atomic E-state index is 13.7. The number of aryl methyl sites for hydroxylation is 2. The van der Waals surface area contributed by atoms with Crippen LogP contribution in [0.15, 0.2) is 60.2 Å². The number of rotatable bonds is 4. The predicted molar refractivity (Wildman–Crippen MR) is 127 cm³/mol. The van der Waals surface area contributed by atoms with E-state index in [1.165, 1.54) is 23.1 Å². The first kappa shape index (κ1) is 20.4. The molecule has 162 valence electrons. The fourth-order valence-electron chi connectivity index (χ4n) is 6.13. The van der Waals surface area contributed by atoms with Crippen LogP contribution in [-0.4, -0.2) is 17.5 Å². The van der Waals surface area contributed by atoms with Crippen molar-refractivity contribution in [1.29, 1.82) is 0 Å². The third kappa shape index (κ3) is 3.58. The zero-order valence-electron chi connectivity index (χ0n) is 19.0. The maximum absolute atomic E-state index is 13.7. The van der Waals surface area contributed by atoms with Gasteiger partial charge in [0.2, 0.25) is 0 Å². The molecule has 2 aromatic rings. The molecule has 0 radical (unpaired) electrons. The summed E-state index contributed by atoms with van der Waals surface area (Å²) in [7, 11) is 0. The molecule has 0 spiro atoms. The zero-order chi connectivity index (χ0) is 21.6. The molecule has 2 bridgehead atoms. The fourth-order valence-corrected chi connectivity index (χ4v) is 6.13. The number of nitrogens with one attached hydrogen (secondary N) is 1. The van der Waals surface area contributed by atoms with Crippen LogP contribution in [0, 0.1) is 24.2 Å². The number of hydrogen-bond acceptors (Lipinski definition) is 1. The number of amides is 2. The monoisotopic (exact) mass is 414 g/mol. The normalized spacial score (nSPS) is 25.6. The van der Waals surface area contributed by atoms with Gasteiger partial charge in [0.05, 0.1) is 6.04 Å². The summed E-state index contributed by atoms with van der Waals surface area (Å²) in [5, 5.41) is 3.24. The molecule has 0 heterocycles. The summed E-state index contributed by atoms with van der Waals surface area (Å²) in [5.41, 5.74) is 6.57. The summed E-state index contributed by atoms with van der Waals surface area (Å²) in [6.07, 6.45) is 8.15. The van der Waals surface area contributed by atoms with Crippen molar-refractivity contribution < 1.29 is 4.79 Å². The third-order valence-electron chi connectivity index (χ3n) is 8.30. The Bertz CT molecular complexity index is 1020. The van der Waals surface area contributed by atoms with Crippen LogP contribution in [0.25, 0.3) is 0 Å². The Balaban J connectivity index is 1.47. The summed E-state index contributed by atoms with van der Waals surface area (Å²) < 4.78 is 0. The fraction of sp³-hybridized carbons (Fsp3) is 0.464. The van der Waals surface area contributed by atoms with Crippen LogP contribution in [0.2, 0.25) is 0 Å². The Hall–Kier alpha value is -2.55. The molecule has 3 atom stereocenters. The molecule has 3 unspecified atom stereocenters. The highest BCUT2D eigenvalue weighted by molar-refractivity contribution is 5.90. The predicted octanol–water partition coefficient (Wildman–Crippen LogP) is 6.90. The van der Waals surface area contributed by atoms with Crippen molar-refractivity contribution in [2.24, 2.45) is 17.3 Å². The Morgan fingerprint density at radius 1 is 1.13 bits per heavy atom. The van der Waals surface area contributed by atoms with E-state index in [0.717, 1.165) is 49.4 Å². The molecule has 0 aromatic heterocycles. The molecule has 1 saturated carbocycles. The van der Waals surface area contributed by atoms with E-state index in [1.54, 1.807) is 0 Å². The second kappa shape index (κ2) is 7.85. The Labute approximate surface area is 186 Å². The third-order valence-corrected chi connectivity index (χ3v) is 8.30. The zero-order valence-corrected chi connectivity index (χ0v) is 19.0. The van der Waals surface area contributed by atoms with Crippen molar-refractivity contribution in [2.75, 3.05) is 11.9 Å². The largest absolute Gasteiger partial charge is 0.322 e. The van der Waals surface area contributed by atoms with Crippen molar-refractivity contribution in [3.8, 4) is 0 Å². The summed E-state index contributed by atoms with van der Waals surface area (Å²) in [6.45, 7) is 7.60. The van der Waals surface area contributed by atoms with E-state index in [-0.39, 0.29) is 12.1 Å². The minimum atomic E-state index is 0.0242. The van der Waals surface area contributed by atoms with Crippen molar-refractivity contribution in [1.82, 2.24) is 4.90 Å². The topological polar surface area (TPSA) is 32.3 Å². The van der Waals surface area contributed by atoms with Gasteiger partial charge in [-0.05, 0) is 79.0 Å². The number of carbonyl (C=O) groups excluding carboxylic acids is 1. The number of hydrogen-bond donors (Lipinski definition) is 1. The number of carbonyl (C=O) groups is 1. The minimum Gasteiger partial charge on any atom is -0.313 e. The molecular weight excluding hydrogens is 380 g/mol. The van der Waals surface area contributed by atoms with E-state index in [9.17, 15) is 4.79 Å². The highest BCUT2D eigenvalue weighted by Crippen LogP contribution is 2.59. The number of urea groups is 1. The van der Waals surface area contributed by atoms with Gasteiger partial charge >= 0.3 is 6.03 Å². The second-order valence-corrected chi connectivity index (χ2v) is 10.3. The van der Waals surface area contributed by atoms with Gasteiger partial charge in [0.25, 0.3) is 0 Å². The average Bonchev–Trinajstić information content (AvgIpc) is 2.78. The molecule has 4 aliphatic rings. The van der Waals surface area contributed by atoms with Gasteiger partial charge in [-0.3, -0.25) is 0 Å². The van der Waals surface area contributed by atoms with Crippen LogP contribution in [0.1, 0.15) is 62.3 Å². The van der Waals surface area contributed by atoms with Crippen molar-refractivity contribution in [3.05, 3.63) is 76.9 Å². The SMILES string of the molecule is Cc1ccccc1NC(=O)N(CC1=CCC2CC1C2(C)C)C1CCCc2ccccc21. The number of benzene rings is 2. The first-order valence-corrected chi connectivity index (χ1v) is 11.8. The lowest BCUT2D eigenvalue weighted by Gasteiger charge is -2.57. The van der Waals surface area contributed by atoms with E-state index in [2.05, 4.69) is 67.4 Å². The van der Waals surface area contributed by atoms with Gasteiger partial charge in [0, 0.05) is 12.2 Å². The van der Waals surface area contributed by atoms with Gasteiger partial charge in [-0.1, -0.05) is 68.0 Å². The highest BCUT2D eigenvalue weighted by atomic mass is 16.2. The molecule has 6 rings (SSSR count). The molecule has 4 aliphatic carbocycles. The van der Waals surface area contributed by atoms with Crippen LogP contribution < -0.4 is 5.32 Å². The number of nitrogens with zero attached hydrogens (tertiary/aromatic N) is 1. The quantitative estimate of drug-likeness (QED) is 0.542. The van der Waals surface area contributed by atoms with Crippen molar-refractivity contribution in [3.63, 3.8) is 0 Å². The smallest absolute Gasteiger partial charge is 0.313 e. The molecular formula is C28H34N2O. The van der Waals surface area contributed by atoms with E-state index < -0.39 is 0 Å². The van der Waals surface area contributed by atoms with E-state index in [0.29, 0.717) is 11.3 Å². The summed E-state index contributed by atoms with van der Waals surface area (Å²) in [4.78, 5) is 15.8. The van der Waals surface area contributed by atoms with E-state index >= 15 is 0 Å². The van der Waals surface area contributed by atoms with Crippen LogP contribution in [0.4, 0.5) is 10.5 Å². The Kier molecular flexibility index (Phi) is 5.16. The number of fused-ring (bicyclic) bond motifs is 2. The maximum Gasteiger partial charge on any atom is 0.322 e. The highest BCUT2D eigenvalue weighted by Gasteiger charge is 2.51. The number of anilines is 1. The summed E-state index contributed by atoms with van der Waals surface area (Å²) in [5.74, 6) is 1.42. The molecule has 2 aromatic carbocycles. The molecule has 31 heavy (non-hydrogen) atoms. The molecule has 3 heteroatoms. The molecule has 2 amide bonds. The van der Waals surface area contributed by atoms with E-state index in [1.807, 2.05) is 18.2 Å². The number of allylic oxidation sites excluding steroid dienone is 1. The van der Waals surface area contributed by atoms with Gasteiger partial charge in [0.1, 0.15) is 0 Å². The molecule has 1 N–H and O–H groups in total. The average molecular weight is 415 g/mol. The summed E-state index contributed by atoms with van der Waals surface area (Å²) >= 11 is 0. The molecule has 0 aliphatic heterocycles. The molecule has 1 fully saturated rings. The van der Waals surface area contributed by atoms with Crippen LogP contribution >= 0.6 is 0 Å². The first-order chi connectivity index (χ1) is 14.9. The summed E-state index contributed by atoms with van der Waals surface area (Å²) in [6, 6.07) is 16.9. The van der Waals surface area contributed by atoms with Crippen LogP contribution in [0.5, 0.6) is 0 Å². The van der Waals surface area contributed by atoms with Gasteiger partial charge in [0.15, 0.2) is 0 Å². The second-order valence-electron chi connectivity index (χ2n) is 10.3. The van der Waals surface area contributed by atoms with Crippen LogP contribution in [0.3, 0.4) is 0 Å². The lowest BCUT2D eigenvalue weighted by atomic mass is 9.49. The first-order valence-electron chi connectivity index (χ1n) is 11.8. The molecule has 0 saturated heterocycles. The van der Waals surface area contributed by atoms with Crippen LogP contribution in [-0.2, 0) is 6.42 Å². The lowest BCUT2D eigenvalue weighted by Crippen LogP contribution is -2.51. The van der Waals surface area contributed by atoms with Crippen molar-refractivity contribution in [2.45, 2.75) is 58.9 Å². The van der Waals surface area contributed by atoms with Gasteiger partial charge in [-0.2, -0.15) is 0 Å². The molecule has 3 nitrogen and oxygen atoms in total. The number of para-hydroxylation sites is 1. The van der Waals surface area contributed by atoms with E-state index in [4.69, 9.17) is 0 Å². The van der Waals surface area contributed by atoms with Gasteiger partial charge in [-0.25, -0.2) is 4.79 Å². The van der Waals surface area contributed by atoms with Gasteiger partial charge in [-0.15, -0.1) is 0 Å². The Morgan fingerprint density at radius 3 is 2.68 bits per heavy atom. The lowest BCUT2D eigenvalue weighted by molar-refractivity contribution is -0.0105. The Morgan fingerprint density at radius 2 is 1.90 bits per heavy atom. The minimum absolute atomic E-state index is 0.0242.